The smallest absolute Gasteiger partial charge is 0.0701 e. The van der Waals surface area contributed by atoms with Crippen LogP contribution in [0.5, 0.6) is 0 Å². The highest BCUT2D eigenvalue weighted by molar-refractivity contribution is 4.56. The lowest BCUT2D eigenvalue weighted by Gasteiger charge is -2.20. The van der Waals surface area contributed by atoms with Crippen LogP contribution >= 0.6 is 0 Å². The van der Waals surface area contributed by atoms with Gasteiger partial charge in [0.2, 0.25) is 0 Å². The number of hydrogen-bond donors (Lipinski definition) is 1. The first-order valence-corrected chi connectivity index (χ1v) is 6.42. The van der Waals surface area contributed by atoms with Gasteiger partial charge in [-0.05, 0) is 13.0 Å². The molecule has 0 aromatic heterocycles. The first-order valence-electron chi connectivity index (χ1n) is 6.42. The maximum Gasteiger partial charge on any atom is 0.0701 e. The molecule has 0 amide bonds. The van der Waals surface area contributed by atoms with Gasteiger partial charge in [0, 0.05) is 26.7 Å². The molecule has 0 atom stereocenters. The van der Waals surface area contributed by atoms with Gasteiger partial charge in [-0.25, -0.2) is 0 Å². The minimum absolute atomic E-state index is 0.633. The highest BCUT2D eigenvalue weighted by Crippen LogP contribution is 1.90. The number of ether oxygens (including phenoxy) is 3. The second kappa shape index (κ2) is 13.9. The van der Waals surface area contributed by atoms with E-state index in [4.69, 9.17) is 19.9 Å². The average molecular weight is 248 g/mol. The van der Waals surface area contributed by atoms with Gasteiger partial charge in [0.05, 0.1) is 33.0 Å². The van der Waals surface area contributed by atoms with Crippen LogP contribution in [0.4, 0.5) is 0 Å². The van der Waals surface area contributed by atoms with Crippen molar-refractivity contribution in [3.8, 4) is 0 Å². The molecule has 0 aromatic carbocycles. The lowest BCUT2D eigenvalue weighted by atomic mass is 10.4. The summed E-state index contributed by atoms with van der Waals surface area (Å²) in [7, 11) is 1.67. The van der Waals surface area contributed by atoms with Crippen LogP contribution in [-0.4, -0.2) is 71.2 Å². The first kappa shape index (κ1) is 16.8. The average Bonchev–Trinajstić information content (AvgIpc) is 2.33. The molecule has 0 spiro atoms. The molecule has 0 saturated heterocycles. The maximum absolute atomic E-state index is 5.54. The molecule has 0 saturated carbocycles. The van der Waals surface area contributed by atoms with Crippen molar-refractivity contribution in [2.45, 2.75) is 13.3 Å². The molecule has 0 aliphatic rings. The highest BCUT2D eigenvalue weighted by Gasteiger charge is 2.01. The molecule has 0 bridgehead atoms. The van der Waals surface area contributed by atoms with E-state index in [1.165, 1.54) is 0 Å². The van der Waals surface area contributed by atoms with Crippen LogP contribution in [0.2, 0.25) is 0 Å². The Morgan fingerprint density at radius 2 is 1.53 bits per heavy atom. The van der Waals surface area contributed by atoms with E-state index >= 15 is 0 Å². The zero-order chi connectivity index (χ0) is 12.8. The summed E-state index contributed by atoms with van der Waals surface area (Å²) in [6.45, 7) is 9.16. The third kappa shape index (κ3) is 12.1. The fraction of sp³-hybridized carbons (Fsp3) is 1.00. The van der Waals surface area contributed by atoms with Crippen molar-refractivity contribution in [2.24, 2.45) is 5.73 Å². The summed E-state index contributed by atoms with van der Waals surface area (Å²) in [6.07, 6.45) is 1.15. The first-order chi connectivity index (χ1) is 8.35. The molecule has 5 nitrogen and oxygen atoms in total. The molecule has 0 aliphatic heterocycles. The molecular weight excluding hydrogens is 220 g/mol. The molecule has 0 heterocycles. The van der Waals surface area contributed by atoms with Crippen molar-refractivity contribution in [1.82, 2.24) is 4.90 Å². The number of rotatable bonds is 13. The van der Waals surface area contributed by atoms with Crippen molar-refractivity contribution < 1.29 is 14.2 Å². The number of hydrogen-bond acceptors (Lipinski definition) is 5. The largest absolute Gasteiger partial charge is 0.382 e. The van der Waals surface area contributed by atoms with E-state index < -0.39 is 0 Å². The van der Waals surface area contributed by atoms with Crippen molar-refractivity contribution in [3.63, 3.8) is 0 Å². The van der Waals surface area contributed by atoms with Gasteiger partial charge in [-0.2, -0.15) is 0 Å². The Kier molecular flexibility index (Phi) is 13.7. The van der Waals surface area contributed by atoms with Gasteiger partial charge in [-0.3, -0.25) is 4.90 Å². The molecule has 0 radical (unpaired) electrons. The minimum atomic E-state index is 0.633. The molecule has 0 rings (SSSR count). The molecule has 0 unspecified atom stereocenters. The second-order valence-electron chi connectivity index (χ2n) is 3.85. The molecule has 2 N–H and O–H groups in total. The van der Waals surface area contributed by atoms with Crippen LogP contribution in [-0.2, 0) is 14.2 Å². The SMILES string of the molecule is CCCN(CCN)CCOCCOCCOC. The van der Waals surface area contributed by atoms with Crippen LogP contribution in [0.1, 0.15) is 13.3 Å². The van der Waals surface area contributed by atoms with E-state index in [-0.39, 0.29) is 0 Å². The van der Waals surface area contributed by atoms with E-state index in [9.17, 15) is 0 Å². The molecule has 0 aliphatic carbocycles. The number of methoxy groups -OCH3 is 1. The Morgan fingerprint density at radius 3 is 2.12 bits per heavy atom. The van der Waals surface area contributed by atoms with Crippen molar-refractivity contribution >= 4 is 0 Å². The summed E-state index contributed by atoms with van der Waals surface area (Å²) in [5.74, 6) is 0. The quantitative estimate of drug-likeness (QED) is 0.476. The Bertz CT molecular complexity index is 142. The fourth-order valence-corrected chi connectivity index (χ4v) is 1.49. The topological polar surface area (TPSA) is 57.0 Å². The van der Waals surface area contributed by atoms with Gasteiger partial charge >= 0.3 is 0 Å². The standard InChI is InChI=1S/C12H28N2O3/c1-3-5-14(6-4-13)7-8-16-11-12-17-10-9-15-2/h3-13H2,1-2H3. The summed E-state index contributed by atoms with van der Waals surface area (Å²) < 4.78 is 15.7. The van der Waals surface area contributed by atoms with Gasteiger partial charge < -0.3 is 19.9 Å². The van der Waals surface area contributed by atoms with E-state index in [0.29, 0.717) is 33.0 Å². The van der Waals surface area contributed by atoms with Crippen molar-refractivity contribution in [3.05, 3.63) is 0 Å². The summed E-state index contributed by atoms with van der Waals surface area (Å²) in [4.78, 5) is 2.33. The van der Waals surface area contributed by atoms with Crippen LogP contribution in [0.3, 0.4) is 0 Å². The predicted molar refractivity (Wildman–Crippen MR) is 69.3 cm³/mol. The lowest BCUT2D eigenvalue weighted by molar-refractivity contribution is 0.0196. The van der Waals surface area contributed by atoms with E-state index in [1.54, 1.807) is 7.11 Å². The van der Waals surface area contributed by atoms with E-state index in [2.05, 4.69) is 11.8 Å². The predicted octanol–water partition coefficient (Wildman–Crippen LogP) is 0.337. The monoisotopic (exact) mass is 248 g/mol. The Balaban J connectivity index is 3.23. The van der Waals surface area contributed by atoms with Crippen LogP contribution in [0, 0.1) is 0 Å². The van der Waals surface area contributed by atoms with Gasteiger partial charge in [0.15, 0.2) is 0 Å². The molecule has 104 valence electrons. The zero-order valence-electron chi connectivity index (χ0n) is 11.3. The van der Waals surface area contributed by atoms with E-state index in [1.807, 2.05) is 0 Å². The molecule has 17 heavy (non-hydrogen) atoms. The summed E-state index contributed by atoms with van der Waals surface area (Å²) >= 11 is 0. The summed E-state index contributed by atoms with van der Waals surface area (Å²) in [6, 6.07) is 0. The van der Waals surface area contributed by atoms with Crippen molar-refractivity contribution in [2.75, 3.05) is 66.3 Å². The van der Waals surface area contributed by atoms with Crippen LogP contribution in [0.25, 0.3) is 0 Å². The summed E-state index contributed by atoms with van der Waals surface area (Å²) in [5.41, 5.74) is 5.54. The normalized spacial score (nSPS) is 11.3. The van der Waals surface area contributed by atoms with Gasteiger partial charge in [0.1, 0.15) is 0 Å². The molecule has 5 heteroatoms. The maximum atomic E-state index is 5.54. The summed E-state index contributed by atoms with van der Waals surface area (Å²) in [5, 5.41) is 0. The van der Waals surface area contributed by atoms with Gasteiger partial charge in [-0.15, -0.1) is 0 Å². The highest BCUT2D eigenvalue weighted by atomic mass is 16.5. The fourth-order valence-electron chi connectivity index (χ4n) is 1.49. The third-order valence-electron chi connectivity index (χ3n) is 2.34. The number of nitrogens with zero attached hydrogens (tertiary/aromatic N) is 1. The second-order valence-corrected chi connectivity index (χ2v) is 3.85. The zero-order valence-corrected chi connectivity index (χ0v) is 11.3. The molecular formula is C12H28N2O3. The molecule has 0 aromatic rings. The molecule has 0 fully saturated rings. The third-order valence-corrected chi connectivity index (χ3v) is 2.34. The lowest BCUT2D eigenvalue weighted by Crippen LogP contribution is -2.33. The van der Waals surface area contributed by atoms with Crippen LogP contribution in [0.15, 0.2) is 0 Å². The Hall–Kier alpha value is -0.200. The minimum Gasteiger partial charge on any atom is -0.382 e. The number of nitrogens with two attached hydrogens (primary N) is 1. The Labute approximate surface area is 105 Å². The van der Waals surface area contributed by atoms with Crippen molar-refractivity contribution in [1.29, 1.82) is 0 Å². The van der Waals surface area contributed by atoms with Crippen LogP contribution < -0.4 is 5.73 Å². The van der Waals surface area contributed by atoms with E-state index in [0.717, 1.165) is 32.7 Å². The van der Waals surface area contributed by atoms with Gasteiger partial charge in [-0.1, -0.05) is 6.92 Å². The van der Waals surface area contributed by atoms with Gasteiger partial charge in [0.25, 0.3) is 0 Å². The Morgan fingerprint density at radius 1 is 0.882 bits per heavy atom.